The van der Waals surface area contributed by atoms with Gasteiger partial charge >= 0.3 is 5.69 Å². The highest BCUT2D eigenvalue weighted by Crippen LogP contribution is 2.25. The van der Waals surface area contributed by atoms with Gasteiger partial charge in [0.25, 0.3) is 0 Å². The molecule has 2 aromatic carbocycles. The maximum atomic E-state index is 13.2. The number of halogens is 1. The Kier molecular flexibility index (Phi) is 5.07. The van der Waals surface area contributed by atoms with E-state index in [-0.39, 0.29) is 18.1 Å². The van der Waals surface area contributed by atoms with Gasteiger partial charge in [0.05, 0.1) is 11.0 Å². The van der Waals surface area contributed by atoms with E-state index in [0.29, 0.717) is 27.7 Å². The number of hydrogen-bond donors (Lipinski definition) is 1. The summed E-state index contributed by atoms with van der Waals surface area (Å²) < 4.78 is 2.75. The molecule has 0 radical (unpaired) electrons. The van der Waals surface area contributed by atoms with Crippen molar-refractivity contribution in [1.29, 1.82) is 0 Å². The van der Waals surface area contributed by atoms with Crippen LogP contribution in [-0.2, 0) is 11.3 Å². The molecule has 3 heterocycles. The van der Waals surface area contributed by atoms with Gasteiger partial charge in [0.2, 0.25) is 11.6 Å². The second kappa shape index (κ2) is 8.03. The monoisotopic (exact) mass is 436 g/mol. The molecule has 9 heteroatoms. The van der Waals surface area contributed by atoms with Gasteiger partial charge in [-0.25, -0.2) is 18.9 Å². The molecule has 1 aliphatic rings. The van der Waals surface area contributed by atoms with Crippen LogP contribution < -0.4 is 15.9 Å². The number of nitrogens with one attached hydrogen (secondary N) is 1. The van der Waals surface area contributed by atoms with Gasteiger partial charge in [-0.15, -0.1) is 5.10 Å². The number of para-hydroxylation sites is 2. The number of fused-ring (bicyclic) bond motifs is 3. The number of anilines is 2. The third kappa shape index (κ3) is 3.74. The highest BCUT2D eigenvalue weighted by molar-refractivity contribution is 6.30. The summed E-state index contributed by atoms with van der Waals surface area (Å²) in [5.41, 5.74) is 2.06. The van der Waals surface area contributed by atoms with Crippen molar-refractivity contribution in [2.45, 2.75) is 25.8 Å². The summed E-state index contributed by atoms with van der Waals surface area (Å²) in [5.74, 6) is 0.328. The molecule has 8 nitrogen and oxygen atoms in total. The van der Waals surface area contributed by atoms with Gasteiger partial charge in [0, 0.05) is 23.8 Å². The SMILES string of the molecule is O=C(Cn1nc2c(N3CCCCC3)nc3ccccc3n2c1=O)Nc1cccc(Cl)c1. The van der Waals surface area contributed by atoms with Gasteiger partial charge in [-0.3, -0.25) is 4.79 Å². The van der Waals surface area contributed by atoms with Crippen LogP contribution in [-0.4, -0.2) is 38.2 Å². The maximum Gasteiger partial charge on any atom is 0.351 e. The van der Waals surface area contributed by atoms with Crippen molar-refractivity contribution in [1.82, 2.24) is 19.2 Å². The van der Waals surface area contributed by atoms with E-state index in [1.807, 2.05) is 24.3 Å². The molecular formula is C22H21ClN6O2. The molecule has 0 saturated carbocycles. The lowest BCUT2D eigenvalue weighted by atomic mass is 10.1. The molecule has 31 heavy (non-hydrogen) atoms. The number of benzene rings is 2. The summed E-state index contributed by atoms with van der Waals surface area (Å²) in [5, 5.41) is 7.79. The molecule has 1 saturated heterocycles. The largest absolute Gasteiger partial charge is 0.353 e. The fraction of sp³-hybridized carbons (Fsp3) is 0.273. The minimum absolute atomic E-state index is 0.208. The predicted octanol–water partition coefficient (Wildman–Crippen LogP) is 3.33. The molecule has 0 spiro atoms. The Hall–Kier alpha value is -3.39. The third-order valence-corrected chi connectivity index (χ3v) is 5.68. The first-order valence-corrected chi connectivity index (χ1v) is 10.7. The molecule has 0 aliphatic carbocycles. The molecule has 0 unspecified atom stereocenters. The first-order chi connectivity index (χ1) is 15.1. The average molecular weight is 437 g/mol. The standard InChI is InChI=1S/C22H21ClN6O2/c23-15-7-6-8-16(13-15)24-19(30)14-28-22(31)29-18-10-3-2-9-17(18)25-20(21(29)26-28)27-11-4-1-5-12-27/h2-3,6-10,13H,1,4-5,11-12,14H2,(H,24,30). The molecule has 158 valence electrons. The van der Waals surface area contributed by atoms with Gasteiger partial charge in [-0.1, -0.05) is 29.8 Å². The normalized spacial score (nSPS) is 14.3. The lowest BCUT2D eigenvalue weighted by Crippen LogP contribution is -2.31. The van der Waals surface area contributed by atoms with Crippen LogP contribution >= 0.6 is 11.6 Å². The zero-order valence-corrected chi connectivity index (χ0v) is 17.5. The summed E-state index contributed by atoms with van der Waals surface area (Å²) in [6, 6.07) is 14.4. The van der Waals surface area contributed by atoms with Crippen LogP contribution in [0.15, 0.2) is 53.3 Å². The topological polar surface area (TPSA) is 84.5 Å². The van der Waals surface area contributed by atoms with E-state index in [2.05, 4.69) is 15.3 Å². The molecule has 1 amide bonds. The lowest BCUT2D eigenvalue weighted by molar-refractivity contribution is -0.117. The molecule has 1 aliphatic heterocycles. The molecule has 2 aromatic heterocycles. The fourth-order valence-corrected chi connectivity index (χ4v) is 4.20. The number of carbonyl (C=O) groups is 1. The molecule has 4 aromatic rings. The van der Waals surface area contributed by atoms with Crippen LogP contribution in [0.25, 0.3) is 16.7 Å². The van der Waals surface area contributed by atoms with E-state index in [9.17, 15) is 9.59 Å². The number of aromatic nitrogens is 4. The highest BCUT2D eigenvalue weighted by Gasteiger charge is 2.22. The number of amides is 1. The van der Waals surface area contributed by atoms with Crippen molar-refractivity contribution in [3.63, 3.8) is 0 Å². The summed E-state index contributed by atoms with van der Waals surface area (Å²) in [7, 11) is 0. The van der Waals surface area contributed by atoms with E-state index in [4.69, 9.17) is 16.6 Å². The molecule has 5 rings (SSSR count). The van der Waals surface area contributed by atoms with Crippen LogP contribution in [0.1, 0.15) is 19.3 Å². The second-order valence-corrected chi connectivity index (χ2v) is 8.07. The molecule has 0 atom stereocenters. The van der Waals surface area contributed by atoms with E-state index in [1.165, 1.54) is 11.1 Å². The molecule has 0 bridgehead atoms. The first-order valence-electron chi connectivity index (χ1n) is 10.3. The van der Waals surface area contributed by atoms with Crippen LogP contribution in [0.2, 0.25) is 5.02 Å². The Morgan fingerprint density at radius 2 is 1.87 bits per heavy atom. The minimum Gasteiger partial charge on any atom is -0.353 e. The minimum atomic E-state index is -0.367. The Balaban J connectivity index is 1.56. The van der Waals surface area contributed by atoms with Crippen molar-refractivity contribution in [3.8, 4) is 0 Å². The zero-order chi connectivity index (χ0) is 21.4. The van der Waals surface area contributed by atoms with Crippen LogP contribution in [0, 0.1) is 0 Å². The first kappa shape index (κ1) is 19.6. The number of rotatable bonds is 4. The quantitative estimate of drug-likeness (QED) is 0.530. The zero-order valence-electron chi connectivity index (χ0n) is 16.8. The van der Waals surface area contributed by atoms with Crippen molar-refractivity contribution in [2.75, 3.05) is 23.3 Å². The number of piperidine rings is 1. The third-order valence-electron chi connectivity index (χ3n) is 5.45. The van der Waals surface area contributed by atoms with Gasteiger partial charge < -0.3 is 10.2 Å². The molecule has 1 fully saturated rings. The van der Waals surface area contributed by atoms with Crippen LogP contribution in [0.4, 0.5) is 11.5 Å². The van der Waals surface area contributed by atoms with E-state index < -0.39 is 0 Å². The predicted molar refractivity (Wildman–Crippen MR) is 121 cm³/mol. The Morgan fingerprint density at radius 1 is 1.06 bits per heavy atom. The van der Waals surface area contributed by atoms with Gasteiger partial charge in [0.15, 0.2) is 5.82 Å². The van der Waals surface area contributed by atoms with Gasteiger partial charge in [0.1, 0.15) is 6.54 Å². The number of nitrogens with zero attached hydrogens (tertiary/aromatic N) is 5. The van der Waals surface area contributed by atoms with E-state index >= 15 is 0 Å². The van der Waals surface area contributed by atoms with Crippen molar-refractivity contribution in [3.05, 3.63) is 64.0 Å². The van der Waals surface area contributed by atoms with Crippen molar-refractivity contribution >= 4 is 45.7 Å². The summed E-state index contributed by atoms with van der Waals surface area (Å²) >= 11 is 5.98. The molecular weight excluding hydrogens is 416 g/mol. The average Bonchev–Trinajstić information content (AvgIpc) is 3.10. The maximum absolute atomic E-state index is 13.2. The summed E-state index contributed by atoms with van der Waals surface area (Å²) in [6.07, 6.45) is 3.34. The Morgan fingerprint density at radius 3 is 2.68 bits per heavy atom. The second-order valence-electron chi connectivity index (χ2n) is 7.63. The summed E-state index contributed by atoms with van der Waals surface area (Å²) in [4.78, 5) is 32.8. The van der Waals surface area contributed by atoms with E-state index in [0.717, 1.165) is 31.4 Å². The van der Waals surface area contributed by atoms with E-state index in [1.54, 1.807) is 28.7 Å². The van der Waals surface area contributed by atoms with Crippen molar-refractivity contribution in [2.24, 2.45) is 0 Å². The number of hydrogen-bond acceptors (Lipinski definition) is 5. The van der Waals surface area contributed by atoms with Gasteiger partial charge in [-0.05, 0) is 49.6 Å². The Bertz CT molecular complexity index is 1340. The number of carbonyl (C=O) groups excluding carboxylic acids is 1. The van der Waals surface area contributed by atoms with Crippen molar-refractivity contribution < 1.29 is 4.79 Å². The van der Waals surface area contributed by atoms with Gasteiger partial charge in [-0.2, -0.15) is 0 Å². The smallest absolute Gasteiger partial charge is 0.351 e. The Labute approximate surface area is 183 Å². The lowest BCUT2D eigenvalue weighted by Gasteiger charge is -2.27. The molecule has 1 N–H and O–H groups in total. The summed E-state index contributed by atoms with van der Waals surface area (Å²) in [6.45, 7) is 1.54. The fourth-order valence-electron chi connectivity index (χ4n) is 4.01. The highest BCUT2D eigenvalue weighted by atomic mass is 35.5. The van der Waals surface area contributed by atoms with Crippen LogP contribution in [0.3, 0.4) is 0 Å². The van der Waals surface area contributed by atoms with Crippen LogP contribution in [0.5, 0.6) is 0 Å².